The third-order valence-electron chi connectivity index (χ3n) is 2.27. The van der Waals surface area contributed by atoms with Crippen LogP contribution < -0.4 is 5.32 Å². The van der Waals surface area contributed by atoms with E-state index < -0.39 is 0 Å². The van der Waals surface area contributed by atoms with Crippen LogP contribution >= 0.6 is 15.9 Å². The molecule has 0 unspecified atom stereocenters. The molecule has 2 rings (SSSR count). The Bertz CT molecular complexity index is 386. The normalized spacial score (nSPS) is 16.1. The van der Waals surface area contributed by atoms with Crippen LogP contribution in [0.15, 0.2) is 10.7 Å². The predicted octanol–water partition coefficient (Wildman–Crippen LogP) is 1.10. The number of hydrogen-bond acceptors (Lipinski definition) is 2. The number of halogens is 1. The summed E-state index contributed by atoms with van der Waals surface area (Å²) in [6.07, 6.45) is 2.09. The van der Waals surface area contributed by atoms with Crippen molar-refractivity contribution in [1.29, 1.82) is 0 Å². The van der Waals surface area contributed by atoms with E-state index in [0.29, 0.717) is 28.7 Å². The number of rotatable bonds is 0. The van der Waals surface area contributed by atoms with E-state index in [1.54, 1.807) is 17.8 Å². The van der Waals surface area contributed by atoms with Crippen molar-refractivity contribution in [3.8, 4) is 0 Å². The van der Waals surface area contributed by atoms with Crippen molar-refractivity contribution >= 4 is 27.6 Å². The molecule has 1 aliphatic rings. The summed E-state index contributed by atoms with van der Waals surface area (Å²) in [5, 5.41) is 2.68. The zero-order chi connectivity index (χ0) is 10.3. The van der Waals surface area contributed by atoms with Crippen molar-refractivity contribution in [3.63, 3.8) is 0 Å². The molecule has 0 spiro atoms. The van der Waals surface area contributed by atoms with E-state index >= 15 is 0 Å². The molecule has 0 radical (unpaired) electrons. The van der Waals surface area contributed by atoms with Gasteiger partial charge in [-0.2, -0.15) is 0 Å². The van der Waals surface area contributed by atoms with Crippen LogP contribution in [0.3, 0.4) is 0 Å². The Morgan fingerprint density at radius 3 is 2.93 bits per heavy atom. The molecule has 0 aromatic carbocycles. The summed E-state index contributed by atoms with van der Waals surface area (Å²) in [6, 6.07) is 0. The molecule has 0 atom stereocenters. The summed E-state index contributed by atoms with van der Waals surface area (Å²) in [5.74, 6) is -0.176. The van der Waals surface area contributed by atoms with Crippen molar-refractivity contribution in [2.24, 2.45) is 7.05 Å². The van der Waals surface area contributed by atoms with Gasteiger partial charge in [0.2, 0.25) is 0 Å². The molecule has 4 nitrogen and oxygen atoms in total. The smallest absolute Gasteiger partial charge is 0.268 e. The fraction of sp³-hybridized carbons (Fsp3) is 0.333. The second-order valence-corrected chi connectivity index (χ2v) is 4.09. The fourth-order valence-electron chi connectivity index (χ4n) is 1.63. The molecule has 0 fully saturated rings. The van der Waals surface area contributed by atoms with Gasteiger partial charge in [0.1, 0.15) is 5.69 Å². The van der Waals surface area contributed by atoms with E-state index in [0.717, 1.165) is 0 Å². The Balaban J connectivity index is 2.68. The highest BCUT2D eigenvalue weighted by Gasteiger charge is 2.26. The number of nitrogens with one attached hydrogen (secondary N) is 1. The quantitative estimate of drug-likeness (QED) is 0.756. The average Bonchev–Trinajstić information content (AvgIpc) is 2.30. The Kier molecular flexibility index (Phi) is 2.19. The minimum Gasteiger partial charge on any atom is -0.350 e. The van der Waals surface area contributed by atoms with Gasteiger partial charge in [-0.15, -0.1) is 0 Å². The highest BCUT2D eigenvalue weighted by Crippen LogP contribution is 2.25. The summed E-state index contributed by atoms with van der Waals surface area (Å²) >= 11 is 3.28. The maximum Gasteiger partial charge on any atom is 0.268 e. The van der Waals surface area contributed by atoms with Crippen molar-refractivity contribution < 1.29 is 9.59 Å². The lowest BCUT2D eigenvalue weighted by molar-refractivity contribution is 0.0948. The maximum atomic E-state index is 11.6. The molecule has 74 valence electrons. The number of hydrogen-bond donors (Lipinski definition) is 1. The molecule has 0 saturated carbocycles. The molecule has 5 heteroatoms. The first-order chi connectivity index (χ1) is 6.61. The highest BCUT2D eigenvalue weighted by molar-refractivity contribution is 9.10. The summed E-state index contributed by atoms with van der Waals surface area (Å²) in [5.41, 5.74) is 0.946. The van der Waals surface area contributed by atoms with Gasteiger partial charge >= 0.3 is 0 Å². The van der Waals surface area contributed by atoms with Crippen LogP contribution in [0.4, 0.5) is 0 Å². The molecule has 14 heavy (non-hydrogen) atoms. The van der Waals surface area contributed by atoms with Crippen LogP contribution in [-0.4, -0.2) is 22.8 Å². The number of fused-ring (bicyclic) bond motifs is 1. The van der Waals surface area contributed by atoms with Crippen molar-refractivity contribution in [1.82, 2.24) is 9.88 Å². The van der Waals surface area contributed by atoms with Gasteiger partial charge in [0, 0.05) is 30.7 Å². The molecule has 1 aromatic heterocycles. The minimum absolute atomic E-state index is 0.00539. The van der Waals surface area contributed by atoms with E-state index in [1.165, 1.54) is 0 Å². The van der Waals surface area contributed by atoms with E-state index in [4.69, 9.17) is 0 Å². The van der Waals surface area contributed by atoms with Gasteiger partial charge in [-0.1, -0.05) is 0 Å². The van der Waals surface area contributed by atoms with Crippen LogP contribution in [-0.2, 0) is 7.05 Å². The molecule has 0 bridgehead atoms. The monoisotopic (exact) mass is 256 g/mol. The number of aryl methyl sites for hydroxylation is 1. The minimum atomic E-state index is -0.181. The van der Waals surface area contributed by atoms with Crippen LogP contribution in [0.25, 0.3) is 0 Å². The lowest BCUT2D eigenvalue weighted by Gasteiger charge is -2.01. The van der Waals surface area contributed by atoms with Crippen LogP contribution in [0, 0.1) is 0 Å². The van der Waals surface area contributed by atoms with Gasteiger partial charge in [-0.3, -0.25) is 9.59 Å². The molecule has 1 aromatic rings. The summed E-state index contributed by atoms with van der Waals surface area (Å²) in [6.45, 7) is 0.415. The third-order valence-corrected chi connectivity index (χ3v) is 2.87. The van der Waals surface area contributed by atoms with Crippen LogP contribution in [0.5, 0.6) is 0 Å². The summed E-state index contributed by atoms with van der Waals surface area (Å²) in [7, 11) is 1.75. The number of Topliss-reactive ketones (excluding diaryl/α,β-unsaturated/α-hetero) is 1. The van der Waals surface area contributed by atoms with Crippen LogP contribution in [0.1, 0.15) is 27.3 Å². The summed E-state index contributed by atoms with van der Waals surface area (Å²) < 4.78 is 2.36. The number of carbonyl (C=O) groups is 2. The molecule has 0 saturated heterocycles. The first-order valence-electron chi connectivity index (χ1n) is 4.27. The maximum absolute atomic E-state index is 11.6. The predicted molar refractivity (Wildman–Crippen MR) is 54.4 cm³/mol. The van der Waals surface area contributed by atoms with E-state index in [1.807, 2.05) is 0 Å². The van der Waals surface area contributed by atoms with Gasteiger partial charge in [-0.05, 0) is 15.9 Å². The Hall–Kier alpha value is -1.10. The van der Waals surface area contributed by atoms with Gasteiger partial charge in [0.15, 0.2) is 5.78 Å². The number of aromatic nitrogens is 1. The second-order valence-electron chi connectivity index (χ2n) is 3.24. The third kappa shape index (κ3) is 1.28. The molecule has 2 heterocycles. The Labute approximate surface area is 89.4 Å². The van der Waals surface area contributed by atoms with E-state index in [9.17, 15) is 9.59 Å². The SMILES string of the molecule is Cn1cc(Br)c2c1C(=O)NCCC2=O. The number of amides is 1. The van der Waals surface area contributed by atoms with E-state index in [-0.39, 0.29) is 11.7 Å². The first kappa shape index (κ1) is 9.45. The molecule has 0 aliphatic carbocycles. The Morgan fingerprint density at radius 2 is 2.21 bits per heavy atom. The Morgan fingerprint density at radius 1 is 1.50 bits per heavy atom. The number of carbonyl (C=O) groups excluding carboxylic acids is 2. The molecule has 1 amide bonds. The molecular formula is C9H9BrN2O2. The number of ketones is 1. The van der Waals surface area contributed by atoms with Gasteiger partial charge < -0.3 is 9.88 Å². The summed E-state index contributed by atoms with van der Waals surface area (Å²) in [4.78, 5) is 23.2. The zero-order valence-corrected chi connectivity index (χ0v) is 9.22. The number of nitrogens with zero attached hydrogens (tertiary/aromatic N) is 1. The zero-order valence-electron chi connectivity index (χ0n) is 7.63. The van der Waals surface area contributed by atoms with Gasteiger partial charge in [0.05, 0.1) is 5.56 Å². The van der Waals surface area contributed by atoms with Crippen molar-refractivity contribution in [2.45, 2.75) is 6.42 Å². The lowest BCUT2D eigenvalue weighted by Crippen LogP contribution is -2.24. The van der Waals surface area contributed by atoms with Crippen molar-refractivity contribution in [2.75, 3.05) is 6.54 Å². The standard InChI is InChI=1S/C9H9BrN2O2/c1-12-4-5(10)7-6(13)2-3-11-9(14)8(7)12/h4H,2-3H2,1H3,(H,11,14). The lowest BCUT2D eigenvalue weighted by atomic mass is 10.1. The van der Waals surface area contributed by atoms with E-state index in [2.05, 4.69) is 21.2 Å². The van der Waals surface area contributed by atoms with Crippen LogP contribution in [0.2, 0.25) is 0 Å². The van der Waals surface area contributed by atoms with Crippen molar-refractivity contribution in [3.05, 3.63) is 21.9 Å². The molecular weight excluding hydrogens is 248 g/mol. The molecule has 1 aliphatic heterocycles. The fourth-order valence-corrected chi connectivity index (χ4v) is 2.34. The highest BCUT2D eigenvalue weighted by atomic mass is 79.9. The largest absolute Gasteiger partial charge is 0.350 e. The second kappa shape index (κ2) is 3.24. The first-order valence-corrected chi connectivity index (χ1v) is 5.07. The average molecular weight is 257 g/mol. The molecule has 1 N–H and O–H groups in total. The van der Waals surface area contributed by atoms with Gasteiger partial charge in [0.25, 0.3) is 5.91 Å². The van der Waals surface area contributed by atoms with Gasteiger partial charge in [-0.25, -0.2) is 0 Å². The topological polar surface area (TPSA) is 51.1 Å².